The number of carbonyl (C=O) groups excluding carboxylic acids is 1. The van der Waals surface area contributed by atoms with Gasteiger partial charge in [0.25, 0.3) is 0 Å². The van der Waals surface area contributed by atoms with Crippen LogP contribution in [0.4, 0.5) is 5.69 Å². The molecule has 1 aromatic carbocycles. The smallest absolute Gasteiger partial charge is 0.235 e. The summed E-state index contributed by atoms with van der Waals surface area (Å²) in [6, 6.07) is 4.89. The van der Waals surface area contributed by atoms with E-state index in [-0.39, 0.29) is 11.8 Å². The number of para-hydroxylation sites is 1. The average Bonchev–Trinajstić information content (AvgIpc) is 2.33. The zero-order chi connectivity index (χ0) is 14.6. The number of hydrogen-bond acceptors (Lipinski definition) is 3. The number of amidine groups is 1. The lowest BCUT2D eigenvalue weighted by Crippen LogP contribution is -2.38. The molecule has 0 saturated carbocycles. The molecular weight excluding hydrogens is 289 g/mol. The van der Waals surface area contributed by atoms with Crippen LogP contribution in [0.2, 0.25) is 10.0 Å². The van der Waals surface area contributed by atoms with E-state index in [2.05, 4.69) is 10.5 Å². The third-order valence-corrected chi connectivity index (χ3v) is 3.22. The number of halogens is 2. The van der Waals surface area contributed by atoms with Crippen molar-refractivity contribution < 1.29 is 10.0 Å². The molecule has 0 aliphatic rings. The van der Waals surface area contributed by atoms with Crippen LogP contribution in [0, 0.1) is 11.8 Å². The molecule has 0 spiro atoms. The predicted molar refractivity (Wildman–Crippen MR) is 76.8 cm³/mol. The first-order chi connectivity index (χ1) is 8.88. The minimum Gasteiger partial charge on any atom is -0.409 e. The molecule has 7 heteroatoms. The van der Waals surface area contributed by atoms with Crippen LogP contribution in [0.5, 0.6) is 0 Å². The highest BCUT2D eigenvalue weighted by Crippen LogP contribution is 2.30. The molecule has 4 N–H and O–H groups in total. The number of oxime groups is 1. The summed E-state index contributed by atoms with van der Waals surface area (Å²) in [4.78, 5) is 12.2. The van der Waals surface area contributed by atoms with Gasteiger partial charge in [-0.2, -0.15) is 0 Å². The fraction of sp³-hybridized carbons (Fsp3) is 0.333. The first-order valence-corrected chi connectivity index (χ1v) is 6.36. The molecule has 0 saturated heterocycles. The van der Waals surface area contributed by atoms with Gasteiger partial charge in [-0.3, -0.25) is 4.79 Å². The summed E-state index contributed by atoms with van der Waals surface area (Å²) in [6.07, 6.45) is 0. The van der Waals surface area contributed by atoms with Crippen LogP contribution in [0.3, 0.4) is 0 Å². The van der Waals surface area contributed by atoms with Crippen LogP contribution in [0.25, 0.3) is 0 Å². The van der Waals surface area contributed by atoms with Crippen molar-refractivity contribution in [1.29, 1.82) is 0 Å². The number of anilines is 1. The van der Waals surface area contributed by atoms with Crippen LogP contribution in [0.1, 0.15) is 13.8 Å². The van der Waals surface area contributed by atoms with Gasteiger partial charge in [-0.25, -0.2) is 0 Å². The number of nitrogens with two attached hydrogens (primary N) is 1. The van der Waals surface area contributed by atoms with E-state index in [4.69, 9.17) is 34.1 Å². The lowest BCUT2D eigenvalue weighted by Gasteiger charge is -2.19. The lowest BCUT2D eigenvalue weighted by molar-refractivity contribution is -0.119. The molecule has 1 amide bonds. The number of carbonyl (C=O) groups is 1. The standard InChI is InChI=1S/C12H15Cl2N3O2/c1-6(2)9(11(15)17-19)12(18)16-10-7(13)4-3-5-8(10)14/h3-6,9,19H,1-2H3,(H2,15,17)(H,16,18). The van der Waals surface area contributed by atoms with Crippen molar-refractivity contribution in [3.63, 3.8) is 0 Å². The normalized spacial score (nSPS) is 13.4. The summed E-state index contributed by atoms with van der Waals surface area (Å²) in [5.74, 6) is -1.49. The Kier molecular flexibility index (Phi) is 5.44. The van der Waals surface area contributed by atoms with E-state index in [1.54, 1.807) is 32.0 Å². The van der Waals surface area contributed by atoms with Gasteiger partial charge in [0.15, 0.2) is 5.84 Å². The van der Waals surface area contributed by atoms with E-state index in [0.29, 0.717) is 15.7 Å². The average molecular weight is 304 g/mol. The van der Waals surface area contributed by atoms with Gasteiger partial charge in [0.2, 0.25) is 5.91 Å². The summed E-state index contributed by atoms with van der Waals surface area (Å²) in [5.41, 5.74) is 5.83. The molecule has 19 heavy (non-hydrogen) atoms. The van der Waals surface area contributed by atoms with E-state index in [1.807, 2.05) is 0 Å². The predicted octanol–water partition coefficient (Wildman–Crippen LogP) is 2.95. The Bertz CT molecular complexity index is 483. The summed E-state index contributed by atoms with van der Waals surface area (Å²) >= 11 is 11.9. The third-order valence-electron chi connectivity index (χ3n) is 2.59. The monoisotopic (exact) mass is 303 g/mol. The minimum absolute atomic E-state index is 0.142. The van der Waals surface area contributed by atoms with Crippen molar-refractivity contribution in [3.05, 3.63) is 28.2 Å². The highest BCUT2D eigenvalue weighted by molar-refractivity contribution is 6.39. The zero-order valence-corrected chi connectivity index (χ0v) is 12.0. The van der Waals surface area contributed by atoms with E-state index >= 15 is 0 Å². The molecule has 1 rings (SSSR count). The van der Waals surface area contributed by atoms with E-state index in [1.165, 1.54) is 0 Å². The highest BCUT2D eigenvalue weighted by Gasteiger charge is 2.27. The van der Waals surface area contributed by atoms with Crippen molar-refractivity contribution in [2.75, 3.05) is 5.32 Å². The summed E-state index contributed by atoms with van der Waals surface area (Å²) in [6.45, 7) is 3.58. The van der Waals surface area contributed by atoms with Gasteiger partial charge in [0.05, 0.1) is 15.7 Å². The molecule has 0 fully saturated rings. The Morgan fingerprint density at radius 3 is 2.32 bits per heavy atom. The second-order valence-electron chi connectivity index (χ2n) is 4.33. The molecule has 0 aromatic heterocycles. The number of benzene rings is 1. The molecule has 0 aliphatic carbocycles. The van der Waals surface area contributed by atoms with Gasteiger partial charge in [0.1, 0.15) is 5.92 Å². The molecular formula is C12H15Cl2N3O2. The van der Waals surface area contributed by atoms with Crippen molar-refractivity contribution in [2.24, 2.45) is 22.7 Å². The Labute approximate surface area is 121 Å². The van der Waals surface area contributed by atoms with Gasteiger partial charge in [-0.05, 0) is 18.1 Å². The van der Waals surface area contributed by atoms with Crippen molar-refractivity contribution >= 4 is 40.6 Å². The first-order valence-electron chi connectivity index (χ1n) is 5.60. The molecule has 5 nitrogen and oxygen atoms in total. The Morgan fingerprint density at radius 1 is 1.37 bits per heavy atom. The van der Waals surface area contributed by atoms with Crippen LogP contribution in [0.15, 0.2) is 23.4 Å². The van der Waals surface area contributed by atoms with Crippen LogP contribution in [-0.2, 0) is 4.79 Å². The molecule has 1 aromatic rings. The summed E-state index contributed by atoms with van der Waals surface area (Å²) < 4.78 is 0. The molecule has 0 aliphatic heterocycles. The van der Waals surface area contributed by atoms with Crippen molar-refractivity contribution in [1.82, 2.24) is 0 Å². The number of hydrogen-bond donors (Lipinski definition) is 3. The second-order valence-corrected chi connectivity index (χ2v) is 5.15. The van der Waals surface area contributed by atoms with Gasteiger partial charge in [0, 0.05) is 0 Å². The molecule has 0 bridgehead atoms. The Morgan fingerprint density at radius 2 is 1.89 bits per heavy atom. The minimum atomic E-state index is -0.766. The molecule has 0 radical (unpaired) electrons. The Hall–Kier alpha value is -1.46. The van der Waals surface area contributed by atoms with Crippen LogP contribution < -0.4 is 11.1 Å². The number of nitrogens with one attached hydrogen (secondary N) is 1. The highest BCUT2D eigenvalue weighted by atomic mass is 35.5. The van der Waals surface area contributed by atoms with Gasteiger partial charge in [-0.1, -0.05) is 48.3 Å². The number of amides is 1. The van der Waals surface area contributed by atoms with E-state index < -0.39 is 11.8 Å². The SMILES string of the molecule is CC(C)C(C(=O)Nc1c(Cl)cccc1Cl)C(N)=NO. The number of rotatable bonds is 4. The van der Waals surface area contributed by atoms with Gasteiger partial charge >= 0.3 is 0 Å². The van der Waals surface area contributed by atoms with Crippen molar-refractivity contribution in [2.45, 2.75) is 13.8 Å². The summed E-state index contributed by atoms with van der Waals surface area (Å²) in [7, 11) is 0. The number of nitrogens with zero attached hydrogens (tertiary/aromatic N) is 1. The lowest BCUT2D eigenvalue weighted by atomic mass is 9.94. The molecule has 104 valence electrons. The van der Waals surface area contributed by atoms with E-state index in [9.17, 15) is 4.79 Å². The molecule has 1 atom stereocenters. The fourth-order valence-corrected chi connectivity index (χ4v) is 2.15. The van der Waals surface area contributed by atoms with Crippen LogP contribution >= 0.6 is 23.2 Å². The Balaban J connectivity index is 3.01. The summed E-state index contributed by atoms with van der Waals surface area (Å²) in [5, 5.41) is 14.8. The first kappa shape index (κ1) is 15.6. The van der Waals surface area contributed by atoms with E-state index in [0.717, 1.165) is 0 Å². The maximum absolute atomic E-state index is 12.2. The maximum atomic E-state index is 12.2. The van der Waals surface area contributed by atoms with Gasteiger partial charge < -0.3 is 16.3 Å². The van der Waals surface area contributed by atoms with Gasteiger partial charge in [-0.15, -0.1) is 0 Å². The molecule has 0 heterocycles. The maximum Gasteiger partial charge on any atom is 0.235 e. The van der Waals surface area contributed by atoms with Crippen LogP contribution in [-0.4, -0.2) is 17.0 Å². The second kappa shape index (κ2) is 6.63. The quantitative estimate of drug-likeness (QED) is 0.346. The fourth-order valence-electron chi connectivity index (χ4n) is 1.66. The third kappa shape index (κ3) is 3.75. The zero-order valence-electron chi connectivity index (χ0n) is 10.5. The van der Waals surface area contributed by atoms with Crippen molar-refractivity contribution in [3.8, 4) is 0 Å². The topological polar surface area (TPSA) is 87.7 Å². The molecule has 1 unspecified atom stereocenters. The largest absolute Gasteiger partial charge is 0.409 e.